The highest BCUT2D eigenvalue weighted by atomic mass is 79.9. The average Bonchev–Trinajstić information content (AvgIpc) is 2.28. The first-order valence-corrected chi connectivity index (χ1v) is 7.45. The third-order valence-electron chi connectivity index (χ3n) is 2.15. The largest absolute Gasteiger partial charge is 0.290 e. The molecule has 1 atom stereocenters. The summed E-state index contributed by atoms with van der Waals surface area (Å²) in [4.78, 5) is 11.9. The lowest BCUT2D eigenvalue weighted by atomic mass is 10.1. The number of hydrogen-bond donors (Lipinski definition) is 0. The molecular weight excluding hydrogens is 335 g/mol. The number of carbonyl (C=O) groups excluding carboxylic acids is 1. The van der Waals surface area contributed by atoms with Crippen molar-refractivity contribution in [3.63, 3.8) is 0 Å². The van der Waals surface area contributed by atoms with Crippen LogP contribution in [0.1, 0.15) is 17.3 Å². The molecule has 0 heterocycles. The molecule has 0 N–H and O–H groups in total. The van der Waals surface area contributed by atoms with Crippen LogP contribution in [-0.4, -0.2) is 23.1 Å². The first kappa shape index (κ1) is 14.6. The Morgan fingerprint density at radius 1 is 1.47 bits per heavy atom. The smallest absolute Gasteiger partial charge is 0.261 e. The number of sulfone groups is 1. The van der Waals surface area contributed by atoms with Gasteiger partial charge in [-0.3, -0.25) is 4.79 Å². The third-order valence-corrected chi connectivity index (χ3v) is 6.60. The van der Waals surface area contributed by atoms with E-state index in [1.807, 2.05) is 0 Å². The second-order valence-electron chi connectivity index (χ2n) is 3.23. The predicted molar refractivity (Wildman–Crippen MR) is 67.7 cm³/mol. The van der Waals surface area contributed by atoms with E-state index in [9.17, 15) is 17.6 Å². The monoisotopic (exact) mass is 342 g/mol. The van der Waals surface area contributed by atoms with Gasteiger partial charge < -0.3 is 0 Å². The number of carbonyl (C=O) groups is 1. The molecule has 0 saturated heterocycles. The molecule has 1 aromatic rings. The van der Waals surface area contributed by atoms with Gasteiger partial charge in [0.05, 0.1) is 11.3 Å². The van der Waals surface area contributed by atoms with Crippen LogP contribution < -0.4 is 0 Å². The maximum Gasteiger partial charge on any atom is 0.261 e. The fourth-order valence-corrected chi connectivity index (χ4v) is 3.21. The molecule has 0 unspecified atom stereocenters. The van der Waals surface area contributed by atoms with Crippen LogP contribution in [0.25, 0.3) is 0 Å². The summed E-state index contributed by atoms with van der Waals surface area (Å²) in [7, 11) is -3.90. The van der Waals surface area contributed by atoms with E-state index in [0.29, 0.717) is 0 Å². The zero-order valence-electron chi connectivity index (χ0n) is 8.78. The van der Waals surface area contributed by atoms with Gasteiger partial charge in [-0.05, 0) is 28.1 Å². The molecule has 3 nitrogen and oxygen atoms in total. The molecule has 0 aliphatic heterocycles. The van der Waals surface area contributed by atoms with Crippen LogP contribution in [-0.2, 0) is 9.84 Å². The molecule has 17 heavy (non-hydrogen) atoms. The van der Waals surface area contributed by atoms with E-state index in [0.717, 1.165) is 6.07 Å². The van der Waals surface area contributed by atoms with E-state index in [2.05, 4.69) is 15.9 Å². The topological polar surface area (TPSA) is 51.2 Å². The molecule has 1 aromatic carbocycles. The van der Waals surface area contributed by atoms with Crippen molar-refractivity contribution >= 4 is 43.2 Å². The zero-order chi connectivity index (χ0) is 13.3. The summed E-state index contributed by atoms with van der Waals surface area (Å²) in [6.45, 7) is 1.35. The Labute approximate surface area is 112 Å². The molecule has 1 rings (SSSR count). The van der Waals surface area contributed by atoms with Crippen LogP contribution in [0, 0.1) is 5.82 Å². The molecule has 0 fully saturated rings. The minimum atomic E-state index is -3.90. The van der Waals surface area contributed by atoms with E-state index in [1.54, 1.807) is 0 Å². The molecule has 7 heteroatoms. The van der Waals surface area contributed by atoms with Crippen LogP contribution >= 0.6 is 27.5 Å². The van der Waals surface area contributed by atoms with Gasteiger partial charge in [0.1, 0.15) is 5.82 Å². The summed E-state index contributed by atoms with van der Waals surface area (Å²) in [5, 5.41) is 0. The number of rotatable bonds is 4. The molecule has 0 saturated carbocycles. The summed E-state index contributed by atoms with van der Waals surface area (Å²) in [6, 6.07) is 5.06. The first-order valence-electron chi connectivity index (χ1n) is 4.63. The van der Waals surface area contributed by atoms with Gasteiger partial charge >= 0.3 is 0 Å². The van der Waals surface area contributed by atoms with Crippen LogP contribution in [0.3, 0.4) is 0 Å². The van der Waals surface area contributed by atoms with Crippen molar-refractivity contribution < 1.29 is 17.6 Å². The van der Waals surface area contributed by atoms with Gasteiger partial charge in [-0.15, -0.1) is 0 Å². The highest BCUT2D eigenvalue weighted by Gasteiger charge is 2.46. The Morgan fingerprint density at radius 2 is 2.00 bits per heavy atom. The van der Waals surface area contributed by atoms with Gasteiger partial charge in [-0.1, -0.05) is 30.7 Å². The molecule has 0 radical (unpaired) electrons. The SMILES string of the molecule is CCS(=O)(=O)[C@](Cl)(Br)C(=O)c1ccccc1F. The Balaban J connectivity index is 3.28. The summed E-state index contributed by atoms with van der Waals surface area (Å²) >= 11 is 8.36. The Bertz CT molecular complexity index is 542. The standard InChI is InChI=1S/C10H9BrClFO3S/c1-2-17(15,16)10(11,12)9(14)7-5-3-4-6-8(7)13/h3-6H,2H2,1H3/t10-/m0/s1. The first-order chi connectivity index (χ1) is 7.74. The lowest BCUT2D eigenvalue weighted by Gasteiger charge is -2.18. The highest BCUT2D eigenvalue weighted by molar-refractivity contribution is 9.12. The number of halogens is 3. The number of alkyl halides is 2. The lowest BCUT2D eigenvalue weighted by molar-refractivity contribution is 0.0996. The molecule has 0 aliphatic carbocycles. The fourth-order valence-electron chi connectivity index (χ4n) is 1.12. The fraction of sp³-hybridized carbons (Fsp3) is 0.300. The molecular formula is C10H9BrClFO3S. The summed E-state index contributed by atoms with van der Waals surface area (Å²) in [5.41, 5.74) is -0.364. The van der Waals surface area contributed by atoms with Crippen LogP contribution in [0.5, 0.6) is 0 Å². The van der Waals surface area contributed by atoms with Gasteiger partial charge in [0.25, 0.3) is 3.12 Å². The predicted octanol–water partition coefficient (Wildman–Crippen LogP) is 2.73. The maximum atomic E-state index is 13.4. The van der Waals surface area contributed by atoms with Crippen molar-refractivity contribution in [2.45, 2.75) is 10.0 Å². The zero-order valence-corrected chi connectivity index (χ0v) is 11.9. The molecule has 0 amide bonds. The second kappa shape index (κ2) is 5.04. The molecule has 0 bridgehead atoms. The van der Waals surface area contributed by atoms with Gasteiger partial charge in [-0.2, -0.15) is 0 Å². The van der Waals surface area contributed by atoms with Crippen molar-refractivity contribution in [2.24, 2.45) is 0 Å². The van der Waals surface area contributed by atoms with Gasteiger partial charge in [0.2, 0.25) is 5.78 Å². The Morgan fingerprint density at radius 3 is 2.47 bits per heavy atom. The van der Waals surface area contributed by atoms with Gasteiger partial charge in [-0.25, -0.2) is 12.8 Å². The van der Waals surface area contributed by atoms with Gasteiger partial charge in [0, 0.05) is 0 Å². The van der Waals surface area contributed by atoms with E-state index >= 15 is 0 Å². The minimum absolute atomic E-state index is 0.331. The molecule has 0 spiro atoms. The van der Waals surface area contributed by atoms with E-state index in [-0.39, 0.29) is 11.3 Å². The van der Waals surface area contributed by atoms with Crippen molar-refractivity contribution in [3.05, 3.63) is 35.6 Å². The van der Waals surface area contributed by atoms with Crippen LogP contribution in [0.4, 0.5) is 4.39 Å². The number of ketones is 1. The molecule has 94 valence electrons. The van der Waals surface area contributed by atoms with Crippen molar-refractivity contribution in [1.82, 2.24) is 0 Å². The normalized spacial score (nSPS) is 15.3. The molecule has 0 aromatic heterocycles. The summed E-state index contributed by atoms with van der Waals surface area (Å²) in [5.74, 6) is -2.17. The molecule has 0 aliphatic rings. The lowest BCUT2D eigenvalue weighted by Crippen LogP contribution is -2.36. The average molecular weight is 344 g/mol. The Hall–Kier alpha value is -0.460. The number of benzene rings is 1. The van der Waals surface area contributed by atoms with Crippen molar-refractivity contribution in [2.75, 3.05) is 5.75 Å². The summed E-state index contributed by atoms with van der Waals surface area (Å²) in [6.07, 6.45) is 0. The van der Waals surface area contributed by atoms with E-state index < -0.39 is 24.6 Å². The van der Waals surface area contributed by atoms with E-state index in [1.165, 1.54) is 25.1 Å². The number of hydrogen-bond acceptors (Lipinski definition) is 3. The quantitative estimate of drug-likeness (QED) is 0.624. The second-order valence-corrected chi connectivity index (χ2v) is 8.61. The van der Waals surface area contributed by atoms with E-state index in [4.69, 9.17) is 11.6 Å². The van der Waals surface area contributed by atoms with Crippen molar-refractivity contribution in [3.8, 4) is 0 Å². The number of Topliss-reactive ketones (excluding diaryl/α,β-unsaturated/α-hetero) is 1. The minimum Gasteiger partial charge on any atom is -0.290 e. The third kappa shape index (κ3) is 2.69. The van der Waals surface area contributed by atoms with Crippen LogP contribution in [0.15, 0.2) is 24.3 Å². The summed E-state index contributed by atoms with van der Waals surface area (Å²) < 4.78 is 34.3. The van der Waals surface area contributed by atoms with Gasteiger partial charge in [0.15, 0.2) is 9.84 Å². The van der Waals surface area contributed by atoms with Crippen LogP contribution in [0.2, 0.25) is 0 Å². The maximum absolute atomic E-state index is 13.4. The van der Waals surface area contributed by atoms with Crippen molar-refractivity contribution in [1.29, 1.82) is 0 Å². The highest BCUT2D eigenvalue weighted by Crippen LogP contribution is 2.35. The Kier molecular flexibility index (Phi) is 4.33.